The maximum Gasteiger partial charge on any atom is 0.272 e. The van der Waals surface area contributed by atoms with Gasteiger partial charge in [0.15, 0.2) is 9.84 Å². The third kappa shape index (κ3) is 4.08. The summed E-state index contributed by atoms with van der Waals surface area (Å²) in [5, 5.41) is 3.48. The number of aromatic nitrogens is 2. The van der Waals surface area contributed by atoms with Crippen LogP contribution in [0.25, 0.3) is 0 Å². The van der Waals surface area contributed by atoms with E-state index in [1.54, 1.807) is 25.2 Å². The highest BCUT2D eigenvalue weighted by Gasteiger charge is 2.33. The van der Waals surface area contributed by atoms with Crippen molar-refractivity contribution >= 4 is 39.0 Å². The number of carbonyl (C=O) groups excluding carboxylic acids is 1. The number of hydrogen-bond donors (Lipinski definition) is 1. The minimum Gasteiger partial charge on any atom is -0.336 e. The highest BCUT2D eigenvalue weighted by molar-refractivity contribution is 7.91. The zero-order valence-electron chi connectivity index (χ0n) is 13.5. The molecule has 7 nitrogen and oxygen atoms in total. The Labute approximate surface area is 151 Å². The Hall–Kier alpha value is -2.19. The Kier molecular flexibility index (Phi) is 4.91. The van der Waals surface area contributed by atoms with Gasteiger partial charge < -0.3 is 10.2 Å². The standard InChI is InChI=1S/C16H17ClN4O3S/c1-21(11-7-9-25(23,24)10-11)15(22)14-6-8-18-16(20-14)19-13-5-3-2-4-12(13)17/h2-6,8,11H,7,9-10H2,1H3,(H,18,19,20). The van der Waals surface area contributed by atoms with E-state index in [-0.39, 0.29) is 35.1 Å². The lowest BCUT2D eigenvalue weighted by Crippen LogP contribution is -2.38. The molecule has 132 valence electrons. The molecular weight excluding hydrogens is 364 g/mol. The smallest absolute Gasteiger partial charge is 0.272 e. The van der Waals surface area contributed by atoms with Crippen LogP contribution < -0.4 is 5.32 Å². The molecule has 1 atom stereocenters. The first kappa shape index (κ1) is 17.6. The molecule has 0 aliphatic carbocycles. The Morgan fingerprint density at radius 3 is 2.76 bits per heavy atom. The highest BCUT2D eigenvalue weighted by atomic mass is 35.5. The average molecular weight is 381 g/mol. The van der Waals surface area contributed by atoms with E-state index in [0.717, 1.165) is 0 Å². The van der Waals surface area contributed by atoms with Crippen molar-refractivity contribution in [3.8, 4) is 0 Å². The fourth-order valence-electron chi connectivity index (χ4n) is 2.65. The van der Waals surface area contributed by atoms with Gasteiger partial charge in [-0.2, -0.15) is 0 Å². The van der Waals surface area contributed by atoms with E-state index in [4.69, 9.17) is 11.6 Å². The quantitative estimate of drug-likeness (QED) is 0.873. The van der Waals surface area contributed by atoms with Crippen LogP contribution >= 0.6 is 11.6 Å². The summed E-state index contributed by atoms with van der Waals surface area (Å²) in [6, 6.07) is 8.30. The lowest BCUT2D eigenvalue weighted by molar-refractivity contribution is 0.0741. The number of carbonyl (C=O) groups is 1. The van der Waals surface area contributed by atoms with Gasteiger partial charge in [0.05, 0.1) is 22.2 Å². The number of sulfone groups is 1. The molecule has 25 heavy (non-hydrogen) atoms. The maximum atomic E-state index is 12.6. The van der Waals surface area contributed by atoms with Crippen LogP contribution in [0.1, 0.15) is 16.9 Å². The lowest BCUT2D eigenvalue weighted by atomic mass is 10.2. The molecule has 3 rings (SSSR count). The largest absolute Gasteiger partial charge is 0.336 e. The highest BCUT2D eigenvalue weighted by Crippen LogP contribution is 2.23. The molecule has 0 radical (unpaired) electrons. The van der Waals surface area contributed by atoms with E-state index in [1.165, 1.54) is 17.2 Å². The number of rotatable bonds is 4. The molecule has 1 aliphatic rings. The summed E-state index contributed by atoms with van der Waals surface area (Å²) in [4.78, 5) is 22.3. The van der Waals surface area contributed by atoms with E-state index in [1.807, 2.05) is 6.07 Å². The minimum absolute atomic E-state index is 0.00888. The molecule has 0 spiro atoms. The predicted molar refractivity (Wildman–Crippen MR) is 95.9 cm³/mol. The van der Waals surface area contributed by atoms with Gasteiger partial charge in [0.2, 0.25) is 5.95 Å². The molecule has 9 heteroatoms. The number of nitrogens with zero attached hydrogens (tertiary/aromatic N) is 3. The second-order valence-electron chi connectivity index (χ2n) is 5.84. The summed E-state index contributed by atoms with van der Waals surface area (Å²) >= 11 is 6.09. The fourth-order valence-corrected chi connectivity index (χ4v) is 4.61. The molecule has 1 saturated heterocycles. The first-order valence-corrected chi connectivity index (χ1v) is 9.88. The first-order chi connectivity index (χ1) is 11.9. The van der Waals surface area contributed by atoms with Crippen molar-refractivity contribution in [2.45, 2.75) is 12.5 Å². The van der Waals surface area contributed by atoms with Crippen LogP contribution in [0.5, 0.6) is 0 Å². The number of amides is 1. The molecule has 1 aliphatic heterocycles. The van der Waals surface area contributed by atoms with E-state index in [2.05, 4.69) is 15.3 Å². The lowest BCUT2D eigenvalue weighted by Gasteiger charge is -2.23. The molecule has 2 heterocycles. The maximum absolute atomic E-state index is 12.6. The molecule has 0 bridgehead atoms. The average Bonchev–Trinajstić information content (AvgIpc) is 2.96. The molecule has 2 aromatic rings. The van der Waals surface area contributed by atoms with Gasteiger partial charge in [-0.1, -0.05) is 23.7 Å². The summed E-state index contributed by atoms with van der Waals surface area (Å²) in [6.45, 7) is 0. The van der Waals surface area contributed by atoms with E-state index in [9.17, 15) is 13.2 Å². The predicted octanol–water partition coefficient (Wildman–Crippen LogP) is 2.13. The Morgan fingerprint density at radius 1 is 1.32 bits per heavy atom. The van der Waals surface area contributed by atoms with Crippen molar-refractivity contribution in [1.82, 2.24) is 14.9 Å². The summed E-state index contributed by atoms with van der Waals surface area (Å²) in [7, 11) is -1.47. The monoisotopic (exact) mass is 380 g/mol. The molecule has 1 aromatic carbocycles. The van der Waals surface area contributed by atoms with Gasteiger partial charge in [0.1, 0.15) is 5.69 Å². The normalized spacial score (nSPS) is 18.7. The van der Waals surface area contributed by atoms with Gasteiger partial charge >= 0.3 is 0 Å². The molecule has 1 unspecified atom stereocenters. The van der Waals surface area contributed by atoms with E-state index in [0.29, 0.717) is 17.1 Å². The second-order valence-corrected chi connectivity index (χ2v) is 8.48. The van der Waals surface area contributed by atoms with E-state index >= 15 is 0 Å². The van der Waals surface area contributed by atoms with Crippen molar-refractivity contribution in [2.24, 2.45) is 0 Å². The van der Waals surface area contributed by atoms with Crippen LogP contribution in [-0.2, 0) is 9.84 Å². The zero-order valence-corrected chi connectivity index (χ0v) is 15.1. The number of anilines is 2. The number of halogens is 1. The molecule has 1 fully saturated rings. The van der Waals surface area contributed by atoms with Gasteiger partial charge in [-0.15, -0.1) is 0 Å². The third-order valence-electron chi connectivity index (χ3n) is 4.07. The first-order valence-electron chi connectivity index (χ1n) is 7.68. The fraction of sp³-hybridized carbons (Fsp3) is 0.312. The number of para-hydroxylation sites is 1. The molecule has 1 N–H and O–H groups in total. The van der Waals surface area contributed by atoms with Crippen LogP contribution in [0.15, 0.2) is 36.5 Å². The summed E-state index contributed by atoms with van der Waals surface area (Å²) in [5.74, 6) is 0.00164. The van der Waals surface area contributed by atoms with Crippen LogP contribution in [-0.4, -0.2) is 53.8 Å². The van der Waals surface area contributed by atoms with Crippen molar-refractivity contribution in [1.29, 1.82) is 0 Å². The van der Waals surface area contributed by atoms with Crippen molar-refractivity contribution in [3.63, 3.8) is 0 Å². The van der Waals surface area contributed by atoms with Gasteiger partial charge in [0.25, 0.3) is 5.91 Å². The van der Waals surface area contributed by atoms with Crippen molar-refractivity contribution in [3.05, 3.63) is 47.2 Å². The van der Waals surface area contributed by atoms with Crippen LogP contribution in [0.4, 0.5) is 11.6 Å². The Bertz CT molecular complexity index is 904. The van der Waals surface area contributed by atoms with Crippen LogP contribution in [0, 0.1) is 0 Å². The minimum atomic E-state index is -3.06. The van der Waals surface area contributed by atoms with Gasteiger partial charge in [0, 0.05) is 19.3 Å². The number of hydrogen-bond acceptors (Lipinski definition) is 6. The summed E-state index contributed by atoms with van der Waals surface area (Å²) < 4.78 is 23.2. The van der Waals surface area contributed by atoms with Crippen LogP contribution in [0.3, 0.4) is 0 Å². The molecular formula is C16H17ClN4O3S. The Balaban J connectivity index is 1.77. The SMILES string of the molecule is CN(C(=O)c1ccnc(Nc2ccccc2Cl)n1)C1CCS(=O)(=O)C1. The summed E-state index contributed by atoms with van der Waals surface area (Å²) in [5.41, 5.74) is 0.820. The third-order valence-corrected chi connectivity index (χ3v) is 6.15. The van der Waals surface area contributed by atoms with Gasteiger partial charge in [-0.05, 0) is 24.6 Å². The Morgan fingerprint density at radius 2 is 2.08 bits per heavy atom. The summed E-state index contributed by atoms with van der Waals surface area (Å²) in [6.07, 6.45) is 1.92. The zero-order chi connectivity index (χ0) is 18.0. The van der Waals surface area contributed by atoms with E-state index < -0.39 is 9.84 Å². The number of nitrogens with one attached hydrogen (secondary N) is 1. The van der Waals surface area contributed by atoms with Crippen molar-refractivity contribution in [2.75, 3.05) is 23.9 Å². The van der Waals surface area contributed by atoms with Crippen molar-refractivity contribution < 1.29 is 13.2 Å². The van der Waals surface area contributed by atoms with Gasteiger partial charge in [-0.25, -0.2) is 18.4 Å². The molecule has 0 saturated carbocycles. The topological polar surface area (TPSA) is 92.3 Å². The van der Waals surface area contributed by atoms with Crippen LogP contribution in [0.2, 0.25) is 5.02 Å². The molecule has 1 aromatic heterocycles. The molecule has 1 amide bonds. The number of benzene rings is 1. The second kappa shape index (κ2) is 6.97. The van der Waals surface area contributed by atoms with Gasteiger partial charge in [-0.3, -0.25) is 4.79 Å².